The largest absolute Gasteiger partial charge is 0.497 e. The molecule has 2 aromatic carbocycles. The van der Waals surface area contributed by atoms with Gasteiger partial charge in [0.25, 0.3) is 5.91 Å². The molecule has 0 spiro atoms. The highest BCUT2D eigenvalue weighted by atomic mass is 35.5. The lowest BCUT2D eigenvalue weighted by Crippen LogP contribution is -3.15. The number of rotatable bonds is 6. The topological polar surface area (TPSA) is 46.0 Å². The number of amides is 1. The van der Waals surface area contributed by atoms with Crippen LogP contribution < -0.4 is 19.9 Å². The Morgan fingerprint density at radius 2 is 1.86 bits per heavy atom. The Labute approximate surface area is 176 Å². The molecule has 7 heteroatoms. The molecule has 28 heavy (non-hydrogen) atoms. The molecule has 2 aromatic rings. The van der Waals surface area contributed by atoms with Gasteiger partial charge in [-0.3, -0.25) is 4.79 Å². The number of carbonyl (C=O) groups excluding carboxylic acids is 1. The van der Waals surface area contributed by atoms with E-state index in [-0.39, 0.29) is 11.9 Å². The second kappa shape index (κ2) is 9.50. The molecule has 1 amide bonds. The maximum absolute atomic E-state index is 12.5. The Balaban J connectivity index is 1.47. The number of methoxy groups -OCH3 is 1. The highest BCUT2D eigenvalue weighted by Crippen LogP contribution is 2.26. The van der Waals surface area contributed by atoms with Gasteiger partial charge in [-0.05, 0) is 48.9 Å². The zero-order chi connectivity index (χ0) is 20.1. The number of benzene rings is 2. The summed E-state index contributed by atoms with van der Waals surface area (Å²) in [6.07, 6.45) is 0. The van der Waals surface area contributed by atoms with E-state index in [4.69, 9.17) is 27.9 Å². The molecule has 0 unspecified atom stereocenters. The Morgan fingerprint density at radius 1 is 1.18 bits per heavy atom. The van der Waals surface area contributed by atoms with E-state index < -0.39 is 0 Å². The zero-order valence-corrected chi connectivity index (χ0v) is 17.7. The second-order valence-corrected chi connectivity index (χ2v) is 7.91. The van der Waals surface area contributed by atoms with Gasteiger partial charge in [-0.25, -0.2) is 0 Å². The lowest BCUT2D eigenvalue weighted by Gasteiger charge is -2.33. The summed E-state index contributed by atoms with van der Waals surface area (Å²) in [5.41, 5.74) is 2.06. The minimum Gasteiger partial charge on any atom is -0.497 e. The minimum atomic E-state index is -0.155. The summed E-state index contributed by atoms with van der Waals surface area (Å²) in [5, 5.41) is 4.20. The monoisotopic (exact) mass is 422 g/mol. The number of carbonyl (C=O) groups is 1. The first-order chi connectivity index (χ1) is 13.5. The molecule has 0 aromatic heterocycles. The minimum absolute atomic E-state index is 0.0337. The third-order valence-corrected chi connectivity index (χ3v) is 5.69. The molecule has 3 rings (SSSR count). The smallest absolute Gasteiger partial charge is 0.275 e. The van der Waals surface area contributed by atoms with Crippen LogP contribution in [0.25, 0.3) is 0 Å². The van der Waals surface area contributed by atoms with Crippen LogP contribution in [0.3, 0.4) is 0 Å². The van der Waals surface area contributed by atoms with Gasteiger partial charge in [0, 0.05) is 15.7 Å². The van der Waals surface area contributed by atoms with E-state index >= 15 is 0 Å². The van der Waals surface area contributed by atoms with Crippen molar-refractivity contribution < 1.29 is 14.4 Å². The molecule has 1 atom stereocenters. The lowest BCUT2D eigenvalue weighted by molar-refractivity contribution is -0.892. The van der Waals surface area contributed by atoms with E-state index in [2.05, 4.69) is 22.3 Å². The number of quaternary nitrogens is 1. The number of nitrogens with one attached hydrogen (secondary N) is 2. The van der Waals surface area contributed by atoms with E-state index in [1.54, 1.807) is 19.2 Å². The van der Waals surface area contributed by atoms with Crippen molar-refractivity contribution in [3.63, 3.8) is 0 Å². The van der Waals surface area contributed by atoms with Gasteiger partial charge in [-0.2, -0.15) is 0 Å². The van der Waals surface area contributed by atoms with Crippen molar-refractivity contribution in [1.29, 1.82) is 0 Å². The standard InChI is InChI=1S/C21H25Cl2N3O2/c1-15(19-8-3-16(22)13-20(19)23)24-21(27)14-25-9-11-26(12-10-25)17-4-6-18(28-2)7-5-17/h3-8,13,15H,9-12,14H2,1-2H3,(H,24,27)/p+1/t15-/m1/s1. The first-order valence-corrected chi connectivity index (χ1v) is 10.2. The number of halogens is 2. The fourth-order valence-corrected chi connectivity index (χ4v) is 4.07. The summed E-state index contributed by atoms with van der Waals surface area (Å²) in [6.45, 7) is 6.10. The highest BCUT2D eigenvalue weighted by Gasteiger charge is 2.23. The first kappa shape index (κ1) is 20.8. The van der Waals surface area contributed by atoms with Crippen LogP contribution in [0.1, 0.15) is 18.5 Å². The number of anilines is 1. The van der Waals surface area contributed by atoms with Gasteiger partial charge in [0.15, 0.2) is 6.54 Å². The molecule has 0 aliphatic carbocycles. The molecule has 1 saturated heterocycles. The summed E-state index contributed by atoms with van der Waals surface area (Å²) < 4.78 is 5.21. The van der Waals surface area contributed by atoms with Crippen molar-refractivity contribution in [2.45, 2.75) is 13.0 Å². The Bertz CT molecular complexity index is 806. The quantitative estimate of drug-likeness (QED) is 0.751. The Morgan fingerprint density at radius 3 is 2.46 bits per heavy atom. The van der Waals surface area contributed by atoms with Crippen molar-refractivity contribution in [3.05, 3.63) is 58.1 Å². The van der Waals surface area contributed by atoms with Crippen LogP contribution in [0.4, 0.5) is 5.69 Å². The Kier molecular flexibility index (Phi) is 7.05. The van der Waals surface area contributed by atoms with Gasteiger partial charge in [-0.15, -0.1) is 0 Å². The normalized spacial score (nSPS) is 15.9. The molecular weight excluding hydrogens is 397 g/mol. The maximum atomic E-state index is 12.5. The Hall–Kier alpha value is -1.95. The molecule has 1 heterocycles. The lowest BCUT2D eigenvalue weighted by atomic mass is 10.1. The second-order valence-electron chi connectivity index (χ2n) is 7.07. The van der Waals surface area contributed by atoms with Gasteiger partial charge in [0.05, 0.1) is 39.3 Å². The SMILES string of the molecule is COc1ccc(N2CC[NH+](CC(=O)N[C@H](C)c3ccc(Cl)cc3Cl)CC2)cc1. The predicted octanol–water partition coefficient (Wildman–Crippen LogP) is 2.58. The van der Waals surface area contributed by atoms with Crippen molar-refractivity contribution in [1.82, 2.24) is 5.32 Å². The average Bonchev–Trinajstić information content (AvgIpc) is 2.68. The van der Waals surface area contributed by atoms with Crippen molar-refractivity contribution >= 4 is 34.8 Å². The van der Waals surface area contributed by atoms with Gasteiger partial charge >= 0.3 is 0 Å². The van der Waals surface area contributed by atoms with E-state index in [1.807, 2.05) is 25.1 Å². The van der Waals surface area contributed by atoms with Crippen LogP contribution >= 0.6 is 23.2 Å². The number of hydrogen-bond acceptors (Lipinski definition) is 3. The number of hydrogen-bond donors (Lipinski definition) is 2. The van der Waals surface area contributed by atoms with Crippen LogP contribution in [0.15, 0.2) is 42.5 Å². The van der Waals surface area contributed by atoms with Gasteiger partial charge in [0.2, 0.25) is 0 Å². The molecule has 0 bridgehead atoms. The van der Waals surface area contributed by atoms with Crippen LogP contribution in [0.5, 0.6) is 5.75 Å². The van der Waals surface area contributed by atoms with Crippen LogP contribution in [-0.2, 0) is 4.79 Å². The average molecular weight is 423 g/mol. The summed E-state index contributed by atoms with van der Waals surface area (Å²) in [7, 11) is 1.67. The molecule has 0 radical (unpaired) electrons. The van der Waals surface area contributed by atoms with Gasteiger partial charge in [0.1, 0.15) is 5.75 Å². The van der Waals surface area contributed by atoms with E-state index in [0.29, 0.717) is 16.6 Å². The molecule has 5 nitrogen and oxygen atoms in total. The van der Waals surface area contributed by atoms with Crippen molar-refractivity contribution in [2.24, 2.45) is 0 Å². The molecule has 1 aliphatic rings. The third-order valence-electron chi connectivity index (χ3n) is 5.13. The molecule has 1 fully saturated rings. The van der Waals surface area contributed by atoms with Crippen molar-refractivity contribution in [2.75, 3.05) is 44.7 Å². The van der Waals surface area contributed by atoms with E-state index in [0.717, 1.165) is 37.5 Å². The zero-order valence-electron chi connectivity index (χ0n) is 16.2. The van der Waals surface area contributed by atoms with Gasteiger partial charge < -0.3 is 19.9 Å². The van der Waals surface area contributed by atoms with Crippen LogP contribution in [0, 0.1) is 0 Å². The molecular formula is C21H26Cl2N3O2+. The van der Waals surface area contributed by atoms with E-state index in [1.165, 1.54) is 10.6 Å². The third kappa shape index (κ3) is 5.31. The summed E-state index contributed by atoms with van der Waals surface area (Å²) >= 11 is 12.2. The maximum Gasteiger partial charge on any atom is 0.275 e. The molecule has 0 saturated carbocycles. The van der Waals surface area contributed by atoms with Crippen molar-refractivity contribution in [3.8, 4) is 5.75 Å². The van der Waals surface area contributed by atoms with E-state index in [9.17, 15) is 4.79 Å². The van der Waals surface area contributed by atoms with Crippen LogP contribution in [0.2, 0.25) is 10.0 Å². The molecule has 150 valence electrons. The van der Waals surface area contributed by atoms with Crippen LogP contribution in [-0.4, -0.2) is 45.7 Å². The number of piperazine rings is 1. The summed E-state index contributed by atoms with van der Waals surface area (Å²) in [6, 6.07) is 13.3. The van der Waals surface area contributed by atoms with Gasteiger partial charge in [-0.1, -0.05) is 29.3 Å². The fourth-order valence-electron chi connectivity index (χ4n) is 3.50. The predicted molar refractivity (Wildman–Crippen MR) is 114 cm³/mol. The number of ether oxygens (including phenoxy) is 1. The first-order valence-electron chi connectivity index (χ1n) is 9.43. The fraction of sp³-hybridized carbons (Fsp3) is 0.381. The molecule has 2 N–H and O–H groups in total. The summed E-state index contributed by atoms with van der Waals surface area (Å²) in [5.74, 6) is 0.894. The highest BCUT2D eigenvalue weighted by molar-refractivity contribution is 6.35. The summed E-state index contributed by atoms with van der Waals surface area (Å²) in [4.78, 5) is 16.1. The molecule has 1 aliphatic heterocycles. The number of nitrogens with zero attached hydrogens (tertiary/aromatic N) is 1.